The van der Waals surface area contributed by atoms with Crippen molar-refractivity contribution in [2.45, 2.75) is 48.5 Å². The minimum Gasteiger partial charge on any atom is -0.394 e. The number of halogens is 1. The van der Waals surface area contributed by atoms with E-state index in [2.05, 4.69) is 24.8 Å². The number of rotatable bonds is 4. The van der Waals surface area contributed by atoms with Crippen LogP contribution in [0.1, 0.15) is 43.8 Å². The van der Waals surface area contributed by atoms with Gasteiger partial charge < -0.3 is 14.9 Å². The molecule has 2 aliphatic carbocycles. The lowest BCUT2D eigenvalue weighted by Gasteiger charge is -2.48. The Morgan fingerprint density at radius 2 is 1.84 bits per heavy atom. The number of aromatic nitrogens is 4. The number of aliphatic hydroxyl groups is 1. The summed E-state index contributed by atoms with van der Waals surface area (Å²) >= 11 is 5.98. The van der Waals surface area contributed by atoms with E-state index < -0.39 is 10.8 Å². The van der Waals surface area contributed by atoms with Crippen LogP contribution in [0.4, 0.5) is 11.8 Å². The molecule has 10 heteroatoms. The average Bonchev–Trinajstić information content (AvgIpc) is 3.21. The summed E-state index contributed by atoms with van der Waals surface area (Å²) in [6, 6.07) is 0. The first-order chi connectivity index (χ1) is 15.1. The lowest BCUT2D eigenvalue weighted by atomic mass is 9.76. The van der Waals surface area contributed by atoms with Crippen LogP contribution in [0.3, 0.4) is 0 Å². The third kappa shape index (κ3) is 3.08. The zero-order chi connectivity index (χ0) is 21.2. The molecule has 2 aromatic rings. The van der Waals surface area contributed by atoms with Gasteiger partial charge in [-0.3, -0.25) is 4.21 Å². The molecule has 3 atom stereocenters. The summed E-state index contributed by atoms with van der Waals surface area (Å²) in [5, 5.41) is 10.6. The summed E-state index contributed by atoms with van der Waals surface area (Å²) in [5.74, 6) is 3.99. The summed E-state index contributed by atoms with van der Waals surface area (Å²) in [5.41, 5.74) is -0.315. The molecular weight excluding hydrogens is 436 g/mol. The molecule has 0 spiro atoms. The van der Waals surface area contributed by atoms with E-state index in [-0.39, 0.29) is 12.1 Å². The van der Waals surface area contributed by atoms with Crippen LogP contribution in [0.25, 0.3) is 0 Å². The lowest BCUT2D eigenvalue weighted by Crippen LogP contribution is -2.56. The van der Waals surface area contributed by atoms with Gasteiger partial charge in [0.1, 0.15) is 16.6 Å². The van der Waals surface area contributed by atoms with Gasteiger partial charge in [0.25, 0.3) is 0 Å². The molecule has 0 amide bonds. The second kappa shape index (κ2) is 7.35. The largest absolute Gasteiger partial charge is 0.394 e. The van der Waals surface area contributed by atoms with E-state index in [1.165, 1.54) is 0 Å². The summed E-state index contributed by atoms with van der Waals surface area (Å²) in [6.07, 6.45) is 10.3. The Morgan fingerprint density at radius 1 is 1.13 bits per heavy atom. The molecule has 2 aliphatic heterocycles. The van der Waals surface area contributed by atoms with Gasteiger partial charge in [-0.1, -0.05) is 11.6 Å². The number of hydrogen-bond acceptors (Lipinski definition) is 8. The molecule has 4 heterocycles. The van der Waals surface area contributed by atoms with Crippen molar-refractivity contribution in [3.05, 3.63) is 29.4 Å². The molecule has 1 saturated heterocycles. The average molecular weight is 461 g/mol. The monoisotopic (exact) mass is 460 g/mol. The van der Waals surface area contributed by atoms with Crippen LogP contribution in [0.15, 0.2) is 23.5 Å². The molecule has 164 valence electrons. The standard InChI is InChI=1S/C21H25ClN6O2S/c22-15-6-23-18(24-7-15)17-13-2-3-14(17)10-27(9-13)20-25-8-16-19(26-20)28(12-31(16)30)21(11-29)4-1-5-21/h6-8,13-14,17,29H,1-5,9-12H2/t13?,14?,17?,31-/m1/s1. The Labute approximate surface area is 188 Å². The van der Waals surface area contributed by atoms with Crippen molar-refractivity contribution in [1.82, 2.24) is 19.9 Å². The molecule has 1 N–H and O–H groups in total. The molecule has 2 saturated carbocycles. The van der Waals surface area contributed by atoms with E-state index in [1.807, 2.05) is 0 Å². The smallest absolute Gasteiger partial charge is 0.227 e. The molecule has 2 bridgehead atoms. The van der Waals surface area contributed by atoms with Crippen molar-refractivity contribution in [2.75, 3.05) is 35.4 Å². The normalized spacial score (nSPS) is 30.9. The van der Waals surface area contributed by atoms with Crippen molar-refractivity contribution < 1.29 is 9.32 Å². The topological polar surface area (TPSA) is 95.3 Å². The lowest BCUT2D eigenvalue weighted by molar-refractivity contribution is 0.119. The maximum Gasteiger partial charge on any atom is 0.227 e. The molecule has 2 aromatic heterocycles. The number of anilines is 2. The van der Waals surface area contributed by atoms with E-state index in [4.69, 9.17) is 16.6 Å². The minimum absolute atomic E-state index is 0.0691. The molecule has 31 heavy (non-hydrogen) atoms. The Hall–Kier alpha value is -1.84. The Balaban J connectivity index is 1.28. The Bertz CT molecular complexity index is 1010. The zero-order valence-electron chi connectivity index (χ0n) is 17.2. The van der Waals surface area contributed by atoms with E-state index in [0.29, 0.717) is 39.5 Å². The first-order valence-corrected chi connectivity index (χ1v) is 12.6. The van der Waals surface area contributed by atoms with Crippen LogP contribution in [-0.2, 0) is 10.8 Å². The van der Waals surface area contributed by atoms with Gasteiger partial charge in [0.05, 0.1) is 34.2 Å². The van der Waals surface area contributed by atoms with Crippen molar-refractivity contribution in [2.24, 2.45) is 11.8 Å². The molecule has 4 aliphatic rings. The quantitative estimate of drug-likeness (QED) is 0.742. The number of fused-ring (bicyclic) bond motifs is 3. The minimum atomic E-state index is -1.15. The maximum atomic E-state index is 12.7. The second-order valence-electron chi connectivity index (χ2n) is 9.28. The van der Waals surface area contributed by atoms with Gasteiger partial charge in [-0.05, 0) is 43.9 Å². The Kier molecular flexibility index (Phi) is 4.70. The second-order valence-corrected chi connectivity index (χ2v) is 11.1. The fourth-order valence-corrected chi connectivity index (χ4v) is 7.27. The molecule has 0 radical (unpaired) electrons. The number of nitrogens with zero attached hydrogens (tertiary/aromatic N) is 6. The van der Waals surface area contributed by atoms with Crippen LogP contribution in [0.2, 0.25) is 5.02 Å². The summed E-state index contributed by atoms with van der Waals surface area (Å²) in [4.78, 5) is 23.5. The van der Waals surface area contributed by atoms with Gasteiger partial charge in [-0.2, -0.15) is 4.98 Å². The summed E-state index contributed by atoms with van der Waals surface area (Å²) < 4.78 is 12.7. The summed E-state index contributed by atoms with van der Waals surface area (Å²) in [7, 11) is -1.15. The first-order valence-electron chi connectivity index (χ1n) is 10.9. The zero-order valence-corrected chi connectivity index (χ0v) is 18.7. The number of aliphatic hydroxyl groups excluding tert-OH is 1. The molecular formula is C21H25ClN6O2S. The van der Waals surface area contributed by atoms with Crippen molar-refractivity contribution in [1.29, 1.82) is 0 Å². The Morgan fingerprint density at radius 3 is 2.45 bits per heavy atom. The molecule has 3 fully saturated rings. The molecule has 6 rings (SSSR count). The molecule has 0 aromatic carbocycles. The maximum absolute atomic E-state index is 12.7. The van der Waals surface area contributed by atoms with Gasteiger partial charge in [0, 0.05) is 31.4 Å². The highest BCUT2D eigenvalue weighted by atomic mass is 35.5. The van der Waals surface area contributed by atoms with E-state index in [0.717, 1.165) is 56.8 Å². The van der Waals surface area contributed by atoms with Gasteiger partial charge in [0.2, 0.25) is 5.95 Å². The van der Waals surface area contributed by atoms with Crippen molar-refractivity contribution >= 4 is 34.2 Å². The number of hydrogen-bond donors (Lipinski definition) is 1. The van der Waals surface area contributed by atoms with Gasteiger partial charge in [-0.25, -0.2) is 15.0 Å². The number of piperidine rings is 1. The molecule has 8 nitrogen and oxygen atoms in total. The third-order valence-corrected chi connectivity index (χ3v) is 9.14. The highest BCUT2D eigenvalue weighted by Gasteiger charge is 2.48. The summed E-state index contributed by atoms with van der Waals surface area (Å²) in [6.45, 7) is 1.79. The van der Waals surface area contributed by atoms with Crippen LogP contribution >= 0.6 is 11.6 Å². The highest BCUT2D eigenvalue weighted by molar-refractivity contribution is 7.85. The predicted octanol–water partition coefficient (Wildman–Crippen LogP) is 2.35. The fourth-order valence-electron chi connectivity index (χ4n) is 5.87. The van der Waals surface area contributed by atoms with Crippen LogP contribution in [0, 0.1) is 11.8 Å². The van der Waals surface area contributed by atoms with Crippen LogP contribution in [0.5, 0.6) is 0 Å². The van der Waals surface area contributed by atoms with E-state index in [9.17, 15) is 9.32 Å². The molecule has 2 unspecified atom stereocenters. The van der Waals surface area contributed by atoms with Crippen molar-refractivity contribution in [3.8, 4) is 0 Å². The van der Waals surface area contributed by atoms with E-state index in [1.54, 1.807) is 18.6 Å². The predicted molar refractivity (Wildman–Crippen MR) is 118 cm³/mol. The van der Waals surface area contributed by atoms with Crippen LogP contribution in [-0.4, -0.2) is 60.4 Å². The van der Waals surface area contributed by atoms with Gasteiger partial charge in [0.15, 0.2) is 5.82 Å². The van der Waals surface area contributed by atoms with Crippen molar-refractivity contribution in [3.63, 3.8) is 0 Å². The third-order valence-electron chi connectivity index (χ3n) is 7.68. The van der Waals surface area contributed by atoms with E-state index >= 15 is 0 Å². The van der Waals surface area contributed by atoms with Crippen LogP contribution < -0.4 is 9.80 Å². The highest BCUT2D eigenvalue weighted by Crippen LogP contribution is 2.48. The first kappa shape index (κ1) is 19.8. The fraction of sp³-hybridized carbons (Fsp3) is 0.619. The SMILES string of the molecule is O=[S@@]1CN(C2(CO)CCC2)c2nc(N3CC4CCC(C3)C4c3ncc(Cl)cn3)ncc21. The van der Waals surface area contributed by atoms with Gasteiger partial charge >= 0.3 is 0 Å². The van der Waals surface area contributed by atoms with Gasteiger partial charge in [-0.15, -0.1) is 0 Å².